The number of halogens is 2. The molecule has 0 radical (unpaired) electrons. The highest BCUT2D eigenvalue weighted by Crippen LogP contribution is 2.37. The third-order valence-electron chi connectivity index (χ3n) is 3.90. The number of hydrazone groups is 1. The topological polar surface area (TPSA) is 44.7 Å². The van der Waals surface area contributed by atoms with Gasteiger partial charge in [-0.1, -0.05) is 30.3 Å². The van der Waals surface area contributed by atoms with E-state index in [1.807, 2.05) is 30.3 Å². The molecule has 2 aliphatic heterocycles. The Kier molecular flexibility index (Phi) is 3.25. The van der Waals surface area contributed by atoms with E-state index >= 15 is 0 Å². The van der Waals surface area contributed by atoms with Crippen LogP contribution in [0, 0.1) is 5.41 Å². The van der Waals surface area contributed by atoms with E-state index in [9.17, 15) is 13.6 Å². The van der Waals surface area contributed by atoms with Gasteiger partial charge in [-0.3, -0.25) is 4.79 Å². The molecule has 0 spiro atoms. The third-order valence-corrected chi connectivity index (χ3v) is 3.90. The van der Waals surface area contributed by atoms with Crippen LogP contribution < -0.4 is 5.32 Å². The van der Waals surface area contributed by atoms with Crippen molar-refractivity contribution in [3.63, 3.8) is 0 Å². The van der Waals surface area contributed by atoms with Crippen molar-refractivity contribution in [3.05, 3.63) is 35.9 Å². The lowest BCUT2D eigenvalue weighted by atomic mass is 9.74. The summed E-state index contributed by atoms with van der Waals surface area (Å²) in [6, 6.07) is 9.45. The minimum atomic E-state index is -2.88. The maximum absolute atomic E-state index is 12.9. The highest BCUT2D eigenvalue weighted by molar-refractivity contribution is 6.13. The average molecular weight is 279 g/mol. The van der Waals surface area contributed by atoms with E-state index in [0.29, 0.717) is 36.7 Å². The number of nitrogens with one attached hydrogen (secondary N) is 1. The highest BCUT2D eigenvalue weighted by atomic mass is 19.3. The normalized spacial score (nSPS) is 25.9. The molecule has 1 N–H and O–H groups in total. The van der Waals surface area contributed by atoms with Gasteiger partial charge >= 0.3 is 6.55 Å². The maximum atomic E-state index is 12.9. The number of fused-ring (bicyclic) bond motifs is 1. The molecule has 1 amide bonds. The van der Waals surface area contributed by atoms with E-state index in [1.165, 1.54) is 0 Å². The Morgan fingerprint density at radius 2 is 2.10 bits per heavy atom. The molecule has 1 unspecified atom stereocenters. The Morgan fingerprint density at radius 3 is 2.80 bits per heavy atom. The molecule has 0 aromatic heterocycles. The lowest BCUT2D eigenvalue weighted by Crippen LogP contribution is -2.53. The van der Waals surface area contributed by atoms with Crippen molar-refractivity contribution < 1.29 is 13.6 Å². The zero-order chi connectivity index (χ0) is 14.2. The van der Waals surface area contributed by atoms with E-state index in [-0.39, 0.29) is 0 Å². The fourth-order valence-electron chi connectivity index (χ4n) is 2.91. The van der Waals surface area contributed by atoms with E-state index in [1.54, 1.807) is 0 Å². The van der Waals surface area contributed by atoms with Crippen LogP contribution >= 0.6 is 0 Å². The number of amides is 1. The van der Waals surface area contributed by atoms with Gasteiger partial charge in [0, 0.05) is 19.5 Å². The smallest absolute Gasteiger partial charge is 0.315 e. The molecular formula is C14H15F2N3O. The van der Waals surface area contributed by atoms with Crippen molar-refractivity contribution in [2.45, 2.75) is 19.4 Å². The Morgan fingerprint density at radius 1 is 1.35 bits per heavy atom. The number of benzene rings is 1. The molecule has 106 valence electrons. The first-order valence-electron chi connectivity index (χ1n) is 6.58. The molecule has 0 bridgehead atoms. The van der Waals surface area contributed by atoms with Gasteiger partial charge in [0.25, 0.3) is 5.91 Å². The van der Waals surface area contributed by atoms with Crippen LogP contribution in [0.4, 0.5) is 8.78 Å². The number of carbonyl (C=O) groups excluding carboxylic acids is 1. The molecule has 1 aromatic carbocycles. The number of nitrogens with zero attached hydrogens (tertiary/aromatic N) is 2. The van der Waals surface area contributed by atoms with Crippen LogP contribution in [0.25, 0.3) is 0 Å². The molecule has 3 rings (SSSR count). The molecule has 2 heterocycles. The summed E-state index contributed by atoms with van der Waals surface area (Å²) < 4.78 is 25.8. The van der Waals surface area contributed by atoms with Gasteiger partial charge in [0.1, 0.15) is 5.41 Å². The van der Waals surface area contributed by atoms with Crippen molar-refractivity contribution >= 4 is 11.6 Å². The van der Waals surface area contributed by atoms with Crippen LogP contribution in [0.2, 0.25) is 0 Å². The fourth-order valence-corrected chi connectivity index (χ4v) is 2.91. The van der Waals surface area contributed by atoms with Gasteiger partial charge in [0.15, 0.2) is 0 Å². The molecule has 0 saturated carbocycles. The molecule has 4 nitrogen and oxygen atoms in total. The number of carbonyl (C=O) groups is 1. The van der Waals surface area contributed by atoms with E-state index in [4.69, 9.17) is 0 Å². The molecule has 1 atom stereocenters. The standard InChI is InChI=1S/C14H15F2N3O/c15-13(16)19-12(20)14(8-10-4-2-1-3-5-10)9-17-7-6-11(14)18-19/h1-5,13,17H,6-9H2. The predicted molar refractivity (Wildman–Crippen MR) is 70.4 cm³/mol. The number of piperidine rings is 1. The van der Waals surface area contributed by atoms with Crippen LogP contribution in [0.15, 0.2) is 35.4 Å². The summed E-state index contributed by atoms with van der Waals surface area (Å²) in [5, 5.41) is 7.34. The predicted octanol–water partition coefficient (Wildman–Crippen LogP) is 1.63. The van der Waals surface area contributed by atoms with Gasteiger partial charge < -0.3 is 5.32 Å². The summed E-state index contributed by atoms with van der Waals surface area (Å²) in [5.41, 5.74) is 0.578. The van der Waals surface area contributed by atoms with Crippen LogP contribution in [0.3, 0.4) is 0 Å². The average Bonchev–Trinajstić information content (AvgIpc) is 2.74. The molecule has 1 saturated heterocycles. The van der Waals surface area contributed by atoms with Crippen molar-refractivity contribution in [1.82, 2.24) is 10.3 Å². The minimum absolute atomic E-state index is 0.339. The summed E-state index contributed by atoms with van der Waals surface area (Å²) >= 11 is 0. The Labute approximate surface area is 115 Å². The Bertz CT molecular complexity index is 547. The van der Waals surface area contributed by atoms with E-state index < -0.39 is 17.9 Å². The van der Waals surface area contributed by atoms with E-state index in [0.717, 1.165) is 5.56 Å². The van der Waals surface area contributed by atoms with Gasteiger partial charge in [-0.05, 0) is 12.0 Å². The van der Waals surface area contributed by atoms with Crippen molar-refractivity contribution in [2.75, 3.05) is 13.1 Å². The maximum Gasteiger partial charge on any atom is 0.336 e. The van der Waals surface area contributed by atoms with Gasteiger partial charge in [-0.2, -0.15) is 18.9 Å². The molecule has 1 aromatic rings. The van der Waals surface area contributed by atoms with Gasteiger partial charge in [0.05, 0.1) is 5.71 Å². The second-order valence-electron chi connectivity index (χ2n) is 5.15. The Balaban J connectivity index is 1.96. The SMILES string of the molecule is O=C1N(C(F)F)N=C2CCNCC12Cc1ccccc1. The lowest BCUT2D eigenvalue weighted by molar-refractivity contribution is -0.149. The monoisotopic (exact) mass is 279 g/mol. The van der Waals surface area contributed by atoms with Gasteiger partial charge in [-0.25, -0.2) is 0 Å². The lowest BCUT2D eigenvalue weighted by Gasteiger charge is -2.33. The number of hydrogen-bond donors (Lipinski definition) is 1. The zero-order valence-corrected chi connectivity index (χ0v) is 10.9. The third kappa shape index (κ3) is 2.00. The first-order valence-corrected chi connectivity index (χ1v) is 6.58. The molecule has 1 fully saturated rings. The van der Waals surface area contributed by atoms with Crippen molar-refractivity contribution in [3.8, 4) is 0 Å². The molecular weight excluding hydrogens is 264 g/mol. The number of alkyl halides is 2. The fraction of sp³-hybridized carbons (Fsp3) is 0.429. The summed E-state index contributed by atoms with van der Waals surface area (Å²) in [6.07, 6.45) is 0.934. The van der Waals surface area contributed by atoms with E-state index in [2.05, 4.69) is 10.4 Å². The van der Waals surface area contributed by atoms with Gasteiger partial charge in [-0.15, -0.1) is 0 Å². The van der Waals surface area contributed by atoms with Gasteiger partial charge in [0.2, 0.25) is 0 Å². The van der Waals surface area contributed by atoms with Crippen LogP contribution in [0.1, 0.15) is 12.0 Å². The summed E-state index contributed by atoms with van der Waals surface area (Å²) in [6.45, 7) is -1.85. The quantitative estimate of drug-likeness (QED) is 0.855. The largest absolute Gasteiger partial charge is 0.336 e. The second-order valence-corrected chi connectivity index (χ2v) is 5.15. The first kappa shape index (κ1) is 13.2. The first-order chi connectivity index (χ1) is 9.63. The number of hydrogen-bond acceptors (Lipinski definition) is 3. The second kappa shape index (κ2) is 4.94. The van der Waals surface area contributed by atoms with Crippen molar-refractivity contribution in [1.29, 1.82) is 0 Å². The Hall–Kier alpha value is -1.82. The zero-order valence-electron chi connectivity index (χ0n) is 10.9. The van der Waals surface area contributed by atoms with Crippen LogP contribution in [-0.4, -0.2) is 36.3 Å². The molecule has 20 heavy (non-hydrogen) atoms. The minimum Gasteiger partial charge on any atom is -0.315 e. The summed E-state index contributed by atoms with van der Waals surface area (Å²) in [5.74, 6) is -0.599. The van der Waals surface area contributed by atoms with Crippen LogP contribution in [0.5, 0.6) is 0 Å². The van der Waals surface area contributed by atoms with Crippen molar-refractivity contribution in [2.24, 2.45) is 10.5 Å². The highest BCUT2D eigenvalue weighted by Gasteiger charge is 2.53. The number of rotatable bonds is 3. The summed E-state index contributed by atoms with van der Waals surface area (Å²) in [4.78, 5) is 12.4. The summed E-state index contributed by atoms with van der Waals surface area (Å²) in [7, 11) is 0. The molecule has 6 heteroatoms. The molecule has 2 aliphatic rings. The molecule has 0 aliphatic carbocycles. The van der Waals surface area contributed by atoms with Crippen LogP contribution in [-0.2, 0) is 11.2 Å².